The fraction of sp³-hybridized carbons (Fsp3) is 0.294. The van der Waals surface area contributed by atoms with Crippen molar-refractivity contribution in [2.75, 3.05) is 6.61 Å². The van der Waals surface area contributed by atoms with Crippen molar-refractivity contribution in [1.29, 1.82) is 0 Å². The number of halogens is 2. The van der Waals surface area contributed by atoms with Gasteiger partial charge in [-0.1, -0.05) is 37.0 Å². The van der Waals surface area contributed by atoms with Crippen molar-refractivity contribution >= 4 is 28.8 Å². The molecule has 1 N–H and O–H groups in total. The highest BCUT2D eigenvalue weighted by molar-refractivity contribution is 6.36. The standard InChI is InChI=1S/C17H17Cl2N3O/c1-3-14-16(10(2)9-23)17-20-7-6-15(22(17)21-14)12-5-4-11(18)8-13(12)19/h4-8,10,23H,3,9H2,1-2H3. The fourth-order valence-electron chi connectivity index (χ4n) is 2.76. The first-order valence-electron chi connectivity index (χ1n) is 7.49. The summed E-state index contributed by atoms with van der Waals surface area (Å²) in [5.41, 5.74) is 4.38. The molecule has 0 fully saturated rings. The summed E-state index contributed by atoms with van der Waals surface area (Å²) in [6.07, 6.45) is 2.52. The summed E-state index contributed by atoms with van der Waals surface area (Å²) in [7, 11) is 0. The van der Waals surface area contributed by atoms with Crippen LogP contribution >= 0.6 is 23.2 Å². The molecular weight excluding hydrogens is 333 g/mol. The number of nitrogens with zero attached hydrogens (tertiary/aromatic N) is 3. The molecule has 0 aliphatic heterocycles. The summed E-state index contributed by atoms with van der Waals surface area (Å²) < 4.78 is 1.80. The van der Waals surface area contributed by atoms with Crippen LogP contribution in [0.25, 0.3) is 16.9 Å². The summed E-state index contributed by atoms with van der Waals surface area (Å²) in [6, 6.07) is 7.27. The van der Waals surface area contributed by atoms with Crippen molar-refractivity contribution in [3.05, 3.63) is 51.8 Å². The molecule has 0 spiro atoms. The Morgan fingerprint density at radius 1 is 1.26 bits per heavy atom. The van der Waals surface area contributed by atoms with E-state index in [0.717, 1.165) is 34.6 Å². The second-order valence-corrected chi connectivity index (χ2v) is 6.33. The van der Waals surface area contributed by atoms with E-state index in [1.54, 1.807) is 22.8 Å². The molecule has 0 saturated heterocycles. The van der Waals surface area contributed by atoms with E-state index in [4.69, 9.17) is 28.3 Å². The van der Waals surface area contributed by atoms with Gasteiger partial charge in [0.15, 0.2) is 5.65 Å². The summed E-state index contributed by atoms with van der Waals surface area (Å²) in [6.45, 7) is 4.08. The maximum Gasteiger partial charge on any atom is 0.159 e. The van der Waals surface area contributed by atoms with Crippen LogP contribution in [0.1, 0.15) is 31.0 Å². The lowest BCUT2D eigenvalue weighted by Crippen LogP contribution is -2.02. The third kappa shape index (κ3) is 2.82. The van der Waals surface area contributed by atoms with E-state index in [-0.39, 0.29) is 12.5 Å². The molecule has 4 nitrogen and oxygen atoms in total. The van der Waals surface area contributed by atoms with E-state index in [0.29, 0.717) is 10.0 Å². The molecule has 3 aromatic rings. The van der Waals surface area contributed by atoms with Crippen molar-refractivity contribution in [1.82, 2.24) is 14.6 Å². The zero-order chi connectivity index (χ0) is 16.6. The number of aryl methyl sites for hydroxylation is 1. The minimum atomic E-state index is -0.0223. The van der Waals surface area contributed by atoms with E-state index in [2.05, 4.69) is 4.98 Å². The van der Waals surface area contributed by atoms with Crippen LogP contribution in [0.2, 0.25) is 10.0 Å². The third-order valence-electron chi connectivity index (χ3n) is 3.94. The fourth-order valence-corrected chi connectivity index (χ4v) is 3.27. The summed E-state index contributed by atoms with van der Waals surface area (Å²) in [5, 5.41) is 15.4. The van der Waals surface area contributed by atoms with Gasteiger partial charge in [-0.2, -0.15) is 5.10 Å². The van der Waals surface area contributed by atoms with E-state index in [1.807, 2.05) is 26.0 Å². The molecule has 1 aromatic carbocycles. The van der Waals surface area contributed by atoms with Gasteiger partial charge in [-0.15, -0.1) is 0 Å². The molecule has 0 amide bonds. The maximum atomic E-state index is 9.55. The molecule has 120 valence electrons. The Hall–Kier alpha value is -1.62. The lowest BCUT2D eigenvalue weighted by molar-refractivity contribution is 0.273. The van der Waals surface area contributed by atoms with E-state index in [1.165, 1.54) is 0 Å². The van der Waals surface area contributed by atoms with Gasteiger partial charge in [0.05, 0.1) is 16.4 Å². The van der Waals surface area contributed by atoms with Gasteiger partial charge in [0.2, 0.25) is 0 Å². The number of aromatic nitrogens is 3. The van der Waals surface area contributed by atoms with E-state index in [9.17, 15) is 5.11 Å². The second kappa shape index (κ2) is 6.48. The largest absolute Gasteiger partial charge is 0.396 e. The monoisotopic (exact) mass is 349 g/mol. The van der Waals surface area contributed by atoms with Gasteiger partial charge in [0.25, 0.3) is 0 Å². The molecule has 2 heterocycles. The molecule has 1 atom stereocenters. The topological polar surface area (TPSA) is 50.4 Å². The summed E-state index contributed by atoms with van der Waals surface area (Å²) >= 11 is 12.3. The van der Waals surface area contributed by atoms with Crippen molar-refractivity contribution in [2.24, 2.45) is 0 Å². The Labute approximate surface area is 144 Å². The number of aliphatic hydroxyl groups is 1. The molecule has 3 rings (SSSR count). The SMILES string of the molecule is CCc1nn2c(-c3ccc(Cl)cc3Cl)ccnc2c1C(C)CO. The molecule has 23 heavy (non-hydrogen) atoms. The number of hydrogen-bond acceptors (Lipinski definition) is 3. The molecule has 0 bridgehead atoms. The molecule has 0 aliphatic carbocycles. The zero-order valence-corrected chi connectivity index (χ0v) is 14.4. The van der Waals surface area contributed by atoms with Gasteiger partial charge in [-0.3, -0.25) is 0 Å². The summed E-state index contributed by atoms with van der Waals surface area (Å²) in [5.74, 6) is -0.0223. The molecule has 2 aromatic heterocycles. The highest BCUT2D eigenvalue weighted by atomic mass is 35.5. The Morgan fingerprint density at radius 3 is 2.70 bits per heavy atom. The second-order valence-electron chi connectivity index (χ2n) is 5.49. The lowest BCUT2D eigenvalue weighted by atomic mass is 10.0. The molecule has 0 radical (unpaired) electrons. The number of aliphatic hydroxyl groups excluding tert-OH is 1. The van der Waals surface area contributed by atoms with Gasteiger partial charge in [0, 0.05) is 34.9 Å². The van der Waals surface area contributed by atoms with Gasteiger partial charge < -0.3 is 5.11 Å². The van der Waals surface area contributed by atoms with Crippen molar-refractivity contribution in [3.8, 4) is 11.3 Å². The quantitative estimate of drug-likeness (QED) is 0.761. The van der Waals surface area contributed by atoms with E-state index < -0.39 is 0 Å². The summed E-state index contributed by atoms with van der Waals surface area (Å²) in [4.78, 5) is 4.47. The van der Waals surface area contributed by atoms with Crippen LogP contribution in [0.3, 0.4) is 0 Å². The molecule has 0 saturated carbocycles. The predicted octanol–water partition coefficient (Wildman–Crippen LogP) is 4.36. The normalized spacial score (nSPS) is 12.7. The minimum absolute atomic E-state index is 0.0223. The van der Waals surface area contributed by atoms with Crippen LogP contribution in [-0.4, -0.2) is 26.3 Å². The lowest BCUT2D eigenvalue weighted by Gasteiger charge is -2.09. The van der Waals surface area contributed by atoms with Crippen LogP contribution < -0.4 is 0 Å². The average Bonchev–Trinajstić information content (AvgIpc) is 2.93. The highest BCUT2D eigenvalue weighted by Crippen LogP contribution is 2.32. The Bertz CT molecular complexity index is 860. The van der Waals surface area contributed by atoms with Crippen LogP contribution in [0.4, 0.5) is 0 Å². The number of fused-ring (bicyclic) bond motifs is 1. The Kier molecular flexibility index (Phi) is 4.57. The van der Waals surface area contributed by atoms with Crippen LogP contribution in [-0.2, 0) is 6.42 Å². The Morgan fingerprint density at radius 2 is 2.04 bits per heavy atom. The van der Waals surface area contributed by atoms with Crippen molar-refractivity contribution in [3.63, 3.8) is 0 Å². The molecule has 1 unspecified atom stereocenters. The highest BCUT2D eigenvalue weighted by Gasteiger charge is 2.20. The maximum absolute atomic E-state index is 9.55. The first-order valence-corrected chi connectivity index (χ1v) is 8.25. The average molecular weight is 350 g/mol. The Balaban J connectivity index is 2.29. The number of rotatable bonds is 4. The van der Waals surface area contributed by atoms with Crippen LogP contribution in [0.5, 0.6) is 0 Å². The molecule has 6 heteroatoms. The number of hydrogen-bond donors (Lipinski definition) is 1. The number of benzene rings is 1. The first kappa shape index (κ1) is 16.2. The van der Waals surface area contributed by atoms with Gasteiger partial charge >= 0.3 is 0 Å². The van der Waals surface area contributed by atoms with Gasteiger partial charge in [-0.25, -0.2) is 9.50 Å². The van der Waals surface area contributed by atoms with Gasteiger partial charge in [0.1, 0.15) is 0 Å². The van der Waals surface area contributed by atoms with Gasteiger partial charge in [-0.05, 0) is 30.7 Å². The van der Waals surface area contributed by atoms with E-state index >= 15 is 0 Å². The van der Waals surface area contributed by atoms with Crippen LogP contribution in [0, 0.1) is 0 Å². The molecule has 0 aliphatic rings. The third-order valence-corrected chi connectivity index (χ3v) is 4.49. The first-order chi connectivity index (χ1) is 11.1. The van der Waals surface area contributed by atoms with Crippen LogP contribution in [0.15, 0.2) is 30.5 Å². The smallest absolute Gasteiger partial charge is 0.159 e. The zero-order valence-electron chi connectivity index (χ0n) is 12.9. The minimum Gasteiger partial charge on any atom is -0.396 e. The molecular formula is C17H17Cl2N3O. The van der Waals surface area contributed by atoms with Crippen molar-refractivity contribution in [2.45, 2.75) is 26.2 Å². The van der Waals surface area contributed by atoms with Crippen molar-refractivity contribution < 1.29 is 5.11 Å². The predicted molar refractivity (Wildman–Crippen MR) is 93.3 cm³/mol.